The summed E-state index contributed by atoms with van der Waals surface area (Å²) >= 11 is 18.7. The lowest BCUT2D eigenvalue weighted by atomic mass is 9.53. The summed E-state index contributed by atoms with van der Waals surface area (Å²) in [6.07, 6.45) is 7.16. The molecule has 0 saturated heterocycles. The Morgan fingerprint density at radius 2 is 1.52 bits per heavy atom. The van der Waals surface area contributed by atoms with Crippen molar-refractivity contribution in [3.05, 3.63) is 63.4 Å². The predicted octanol–water partition coefficient (Wildman–Crippen LogP) is 6.59. The van der Waals surface area contributed by atoms with E-state index in [-0.39, 0.29) is 17.3 Å². The first-order valence-electron chi connectivity index (χ1n) is 11.4. The normalized spacial score (nSPS) is 27.7. The monoisotopic (exact) mass is 500 g/mol. The molecular formula is C25H23Cl3N4O. The smallest absolute Gasteiger partial charge is 0.291 e. The van der Waals surface area contributed by atoms with Crippen LogP contribution in [0.15, 0.2) is 42.5 Å². The first kappa shape index (κ1) is 21.5. The fraction of sp³-hybridized carbons (Fsp3) is 0.400. The fourth-order valence-corrected chi connectivity index (χ4v) is 7.19. The molecule has 3 aromatic rings. The third kappa shape index (κ3) is 3.94. The van der Waals surface area contributed by atoms with Crippen LogP contribution in [0.25, 0.3) is 17.1 Å². The molecule has 0 aliphatic heterocycles. The van der Waals surface area contributed by atoms with Gasteiger partial charge in [0.05, 0.1) is 10.7 Å². The molecule has 5 nitrogen and oxygen atoms in total. The van der Waals surface area contributed by atoms with Crippen molar-refractivity contribution in [3.8, 4) is 17.1 Å². The van der Waals surface area contributed by atoms with Crippen LogP contribution >= 0.6 is 34.8 Å². The number of hydrogen-bond acceptors (Lipinski definition) is 3. The molecule has 33 heavy (non-hydrogen) atoms. The summed E-state index contributed by atoms with van der Waals surface area (Å²) in [5.41, 5.74) is 1.27. The number of nitrogens with one attached hydrogen (secondary N) is 1. The lowest BCUT2D eigenvalue weighted by Crippen LogP contribution is -2.60. The molecular weight excluding hydrogens is 479 g/mol. The van der Waals surface area contributed by atoms with Gasteiger partial charge in [0.25, 0.3) is 5.91 Å². The molecule has 2 aromatic carbocycles. The Balaban J connectivity index is 1.37. The zero-order valence-corrected chi connectivity index (χ0v) is 20.2. The van der Waals surface area contributed by atoms with Gasteiger partial charge in [-0.15, -0.1) is 5.10 Å². The lowest BCUT2D eigenvalue weighted by molar-refractivity contribution is -0.0168. The molecule has 4 bridgehead atoms. The van der Waals surface area contributed by atoms with Crippen molar-refractivity contribution in [2.24, 2.45) is 17.8 Å². The van der Waals surface area contributed by atoms with Gasteiger partial charge in [0.1, 0.15) is 0 Å². The second-order valence-corrected chi connectivity index (χ2v) is 11.2. The van der Waals surface area contributed by atoms with Crippen LogP contribution in [0.5, 0.6) is 0 Å². The molecule has 1 aromatic heterocycles. The van der Waals surface area contributed by atoms with Crippen LogP contribution in [-0.2, 0) is 0 Å². The van der Waals surface area contributed by atoms with E-state index in [0.29, 0.717) is 26.6 Å². The number of hydrogen-bond donors (Lipinski definition) is 1. The minimum atomic E-state index is -0.226. The highest BCUT2D eigenvalue weighted by Crippen LogP contribution is 2.55. The van der Waals surface area contributed by atoms with Crippen molar-refractivity contribution in [2.75, 3.05) is 0 Å². The Bertz CT molecular complexity index is 1200. The number of aromatic nitrogens is 3. The largest absolute Gasteiger partial charge is 0.344 e. The third-order valence-electron chi connectivity index (χ3n) is 7.47. The highest BCUT2D eigenvalue weighted by Gasteiger charge is 2.51. The summed E-state index contributed by atoms with van der Waals surface area (Å²) < 4.78 is 1.61. The topological polar surface area (TPSA) is 59.8 Å². The average Bonchev–Trinajstić information content (AvgIpc) is 3.18. The van der Waals surface area contributed by atoms with E-state index < -0.39 is 0 Å². The van der Waals surface area contributed by atoms with Gasteiger partial charge in [0.2, 0.25) is 5.82 Å². The Hall–Kier alpha value is -2.08. The fourth-order valence-electron chi connectivity index (χ4n) is 6.58. The van der Waals surface area contributed by atoms with Crippen molar-refractivity contribution >= 4 is 40.7 Å². The van der Waals surface area contributed by atoms with E-state index in [1.165, 1.54) is 19.3 Å². The molecule has 8 heteroatoms. The van der Waals surface area contributed by atoms with E-state index in [2.05, 4.69) is 15.4 Å². The van der Waals surface area contributed by atoms with E-state index in [0.717, 1.165) is 42.6 Å². The molecule has 4 fully saturated rings. The lowest BCUT2D eigenvalue weighted by Gasteiger charge is -2.56. The summed E-state index contributed by atoms with van der Waals surface area (Å²) in [6.45, 7) is 0. The van der Waals surface area contributed by atoms with Crippen LogP contribution in [0.2, 0.25) is 15.1 Å². The van der Waals surface area contributed by atoms with Crippen molar-refractivity contribution in [1.29, 1.82) is 0 Å². The maximum Gasteiger partial charge on any atom is 0.291 e. The highest BCUT2D eigenvalue weighted by molar-refractivity contribution is 6.35. The van der Waals surface area contributed by atoms with Crippen LogP contribution in [0, 0.1) is 17.8 Å². The van der Waals surface area contributed by atoms with E-state index >= 15 is 0 Å². The van der Waals surface area contributed by atoms with Crippen LogP contribution in [0.3, 0.4) is 0 Å². The molecule has 1 N–H and O–H groups in total. The SMILES string of the molecule is O=C(NC12CC3CC(CC(C3)C1)C2)c1nc(-c2ccc(Cl)cc2)n(-c2ccc(Cl)cc2Cl)n1. The predicted molar refractivity (Wildman–Crippen MR) is 130 cm³/mol. The highest BCUT2D eigenvalue weighted by atomic mass is 35.5. The number of rotatable bonds is 4. The molecule has 0 radical (unpaired) electrons. The number of nitrogens with zero attached hydrogens (tertiary/aromatic N) is 3. The van der Waals surface area contributed by atoms with Crippen molar-refractivity contribution in [1.82, 2.24) is 20.1 Å². The van der Waals surface area contributed by atoms with Gasteiger partial charge >= 0.3 is 0 Å². The Kier molecular flexibility index (Phi) is 5.20. The van der Waals surface area contributed by atoms with Gasteiger partial charge < -0.3 is 5.32 Å². The van der Waals surface area contributed by atoms with Gasteiger partial charge in [-0.1, -0.05) is 34.8 Å². The van der Waals surface area contributed by atoms with Gasteiger partial charge in [0, 0.05) is 21.1 Å². The van der Waals surface area contributed by atoms with Gasteiger partial charge in [-0.05, 0) is 98.7 Å². The molecule has 4 aliphatic rings. The number of halogens is 3. The molecule has 0 atom stereocenters. The summed E-state index contributed by atoms with van der Waals surface area (Å²) in [5, 5.41) is 9.54. The van der Waals surface area contributed by atoms with Gasteiger partial charge in [-0.3, -0.25) is 4.79 Å². The molecule has 1 heterocycles. The molecule has 4 aliphatic carbocycles. The number of carbonyl (C=O) groups is 1. The molecule has 170 valence electrons. The summed E-state index contributed by atoms with van der Waals surface area (Å²) in [7, 11) is 0. The van der Waals surface area contributed by atoms with Crippen molar-refractivity contribution in [2.45, 2.75) is 44.1 Å². The van der Waals surface area contributed by atoms with Gasteiger partial charge in [-0.2, -0.15) is 0 Å². The van der Waals surface area contributed by atoms with Crippen LogP contribution in [0.4, 0.5) is 0 Å². The van der Waals surface area contributed by atoms with Crippen LogP contribution < -0.4 is 5.32 Å². The first-order valence-corrected chi connectivity index (χ1v) is 12.5. The van der Waals surface area contributed by atoms with E-state index in [4.69, 9.17) is 34.8 Å². The molecule has 0 unspecified atom stereocenters. The Morgan fingerprint density at radius 3 is 2.12 bits per heavy atom. The standard InChI is InChI=1S/C25H23Cl3N4O/c26-18-3-1-17(2-4-18)23-29-22(31-32(23)21-6-5-19(27)10-20(21)28)24(33)30-25-11-14-7-15(12-25)9-16(8-14)13-25/h1-6,10,14-16H,7-9,11-13H2,(H,30,33). The number of benzene rings is 2. The second kappa shape index (κ2) is 8.00. The minimum Gasteiger partial charge on any atom is -0.344 e. The van der Waals surface area contributed by atoms with Gasteiger partial charge in [-0.25, -0.2) is 9.67 Å². The Labute approximate surface area is 207 Å². The molecule has 7 rings (SSSR count). The van der Waals surface area contributed by atoms with E-state index in [9.17, 15) is 4.79 Å². The maximum atomic E-state index is 13.4. The van der Waals surface area contributed by atoms with Crippen molar-refractivity contribution < 1.29 is 4.79 Å². The summed E-state index contributed by atoms with van der Waals surface area (Å²) in [5.74, 6) is 2.64. The zero-order chi connectivity index (χ0) is 22.7. The van der Waals surface area contributed by atoms with E-state index in [1.54, 1.807) is 35.0 Å². The molecule has 1 amide bonds. The molecule has 0 spiro atoms. The Morgan fingerprint density at radius 1 is 0.909 bits per heavy atom. The van der Waals surface area contributed by atoms with Crippen molar-refractivity contribution in [3.63, 3.8) is 0 Å². The van der Waals surface area contributed by atoms with Gasteiger partial charge in [0.15, 0.2) is 5.82 Å². The van der Waals surface area contributed by atoms with Crippen LogP contribution in [-0.4, -0.2) is 26.2 Å². The number of carbonyl (C=O) groups excluding carboxylic acids is 1. The quantitative estimate of drug-likeness (QED) is 0.438. The number of amides is 1. The summed E-state index contributed by atoms with van der Waals surface area (Å²) in [4.78, 5) is 18.1. The van der Waals surface area contributed by atoms with Crippen LogP contribution in [0.1, 0.15) is 49.1 Å². The first-order chi connectivity index (χ1) is 15.9. The van der Waals surface area contributed by atoms with E-state index in [1.807, 2.05) is 12.1 Å². The summed E-state index contributed by atoms with van der Waals surface area (Å²) in [6, 6.07) is 12.5. The minimum absolute atomic E-state index is 0.115. The third-order valence-corrected chi connectivity index (χ3v) is 8.26. The zero-order valence-electron chi connectivity index (χ0n) is 17.9. The maximum absolute atomic E-state index is 13.4. The molecule has 4 saturated carbocycles. The second-order valence-electron chi connectivity index (χ2n) is 9.93. The average molecular weight is 502 g/mol.